The molecule has 168 valence electrons. The predicted molar refractivity (Wildman–Crippen MR) is 124 cm³/mol. The van der Waals surface area contributed by atoms with Gasteiger partial charge in [-0.15, -0.1) is 0 Å². The highest BCUT2D eigenvalue weighted by atomic mass is 16.1. The van der Waals surface area contributed by atoms with E-state index >= 15 is 0 Å². The van der Waals surface area contributed by atoms with Gasteiger partial charge in [0.2, 0.25) is 0 Å². The minimum absolute atomic E-state index is 0.0617. The highest BCUT2D eigenvalue weighted by Gasteiger charge is 2.27. The summed E-state index contributed by atoms with van der Waals surface area (Å²) in [6.07, 6.45) is 25.4. The second kappa shape index (κ2) is 19.9. The highest BCUT2D eigenvalue weighted by molar-refractivity contribution is 5.87. The van der Waals surface area contributed by atoms with Gasteiger partial charge in [0.25, 0.3) is 0 Å². The second-order valence-electron chi connectivity index (χ2n) is 8.97. The van der Waals surface area contributed by atoms with E-state index in [9.17, 15) is 4.79 Å². The molecule has 0 unspecified atom stereocenters. The topological polar surface area (TPSA) is 69.1 Å². The van der Waals surface area contributed by atoms with Crippen molar-refractivity contribution in [2.24, 2.45) is 11.5 Å². The van der Waals surface area contributed by atoms with E-state index in [-0.39, 0.29) is 5.78 Å². The third-order valence-electron chi connectivity index (χ3n) is 5.97. The molecule has 0 atom stereocenters. The number of nitrogens with two attached hydrogens (primary N) is 2. The van der Waals surface area contributed by atoms with Gasteiger partial charge in [0.05, 0.1) is 0 Å². The molecule has 0 aliphatic rings. The standard InChI is InChI=1S/C25H52N2O/c1-3-5-7-9-11-13-14-16-18-20-22-24(28)25(26,27)23-21-19-17-15-12-10-8-6-4-2/h3-23,26-27H2,1-2H3. The molecule has 3 heteroatoms. The van der Waals surface area contributed by atoms with E-state index in [0.29, 0.717) is 12.8 Å². The van der Waals surface area contributed by atoms with Crippen molar-refractivity contribution in [2.45, 2.75) is 154 Å². The van der Waals surface area contributed by atoms with E-state index in [1.807, 2.05) is 0 Å². The number of unbranched alkanes of at least 4 members (excludes halogenated alkanes) is 17. The van der Waals surface area contributed by atoms with Crippen LogP contribution in [0.1, 0.15) is 149 Å². The maximum absolute atomic E-state index is 12.3. The van der Waals surface area contributed by atoms with Gasteiger partial charge in [0.15, 0.2) is 5.78 Å². The summed E-state index contributed by atoms with van der Waals surface area (Å²) in [6.45, 7) is 4.51. The lowest BCUT2D eigenvalue weighted by molar-refractivity contribution is -0.124. The van der Waals surface area contributed by atoms with Crippen molar-refractivity contribution in [1.29, 1.82) is 0 Å². The minimum atomic E-state index is -1.10. The zero-order chi connectivity index (χ0) is 20.9. The largest absolute Gasteiger partial charge is 0.307 e. The van der Waals surface area contributed by atoms with Crippen molar-refractivity contribution in [1.82, 2.24) is 0 Å². The number of carbonyl (C=O) groups excluding carboxylic acids is 1. The number of hydrogen-bond acceptors (Lipinski definition) is 3. The summed E-state index contributed by atoms with van der Waals surface area (Å²) in [4.78, 5) is 12.3. The normalized spacial score (nSPS) is 11.9. The molecule has 3 nitrogen and oxygen atoms in total. The minimum Gasteiger partial charge on any atom is -0.307 e. The summed E-state index contributed by atoms with van der Waals surface area (Å²) in [7, 11) is 0. The Kier molecular flexibility index (Phi) is 19.6. The molecule has 0 rings (SSSR count). The molecule has 0 aromatic rings. The van der Waals surface area contributed by atoms with Gasteiger partial charge in [0.1, 0.15) is 5.66 Å². The summed E-state index contributed by atoms with van der Waals surface area (Å²) in [5.41, 5.74) is 11.1. The molecule has 0 saturated heterocycles. The number of carbonyl (C=O) groups is 1. The van der Waals surface area contributed by atoms with Crippen LogP contribution < -0.4 is 11.5 Å². The summed E-state index contributed by atoms with van der Waals surface area (Å²) < 4.78 is 0. The van der Waals surface area contributed by atoms with Crippen LogP contribution in [0.2, 0.25) is 0 Å². The van der Waals surface area contributed by atoms with E-state index in [4.69, 9.17) is 11.5 Å². The van der Waals surface area contributed by atoms with Crippen molar-refractivity contribution >= 4 is 5.78 Å². The number of ketones is 1. The first-order chi connectivity index (χ1) is 13.5. The lowest BCUT2D eigenvalue weighted by Gasteiger charge is -2.23. The van der Waals surface area contributed by atoms with Crippen molar-refractivity contribution < 1.29 is 4.79 Å². The average molecular weight is 397 g/mol. The third-order valence-corrected chi connectivity index (χ3v) is 5.97. The zero-order valence-corrected chi connectivity index (χ0v) is 19.4. The fourth-order valence-electron chi connectivity index (χ4n) is 3.87. The van der Waals surface area contributed by atoms with Crippen molar-refractivity contribution in [3.8, 4) is 0 Å². The van der Waals surface area contributed by atoms with Crippen LogP contribution in [0.4, 0.5) is 0 Å². The van der Waals surface area contributed by atoms with Crippen molar-refractivity contribution in [3.63, 3.8) is 0 Å². The van der Waals surface area contributed by atoms with Gasteiger partial charge in [0, 0.05) is 6.42 Å². The van der Waals surface area contributed by atoms with E-state index in [1.54, 1.807) is 0 Å². The SMILES string of the molecule is CCCCCCCCCCCCC(=O)C(N)(N)CCCCCCCCCCC. The van der Waals surface area contributed by atoms with Crippen LogP contribution in [0.25, 0.3) is 0 Å². The Labute approximate surface area is 176 Å². The van der Waals surface area contributed by atoms with Gasteiger partial charge in [-0.05, 0) is 19.3 Å². The monoisotopic (exact) mass is 396 g/mol. The lowest BCUT2D eigenvalue weighted by Crippen LogP contribution is -2.56. The molecular formula is C25H52N2O. The first-order valence-corrected chi connectivity index (χ1v) is 12.7. The Morgan fingerprint density at radius 3 is 1.25 bits per heavy atom. The molecule has 0 aromatic heterocycles. The van der Waals surface area contributed by atoms with E-state index in [1.165, 1.54) is 96.3 Å². The van der Waals surface area contributed by atoms with Crippen LogP contribution >= 0.6 is 0 Å². The van der Waals surface area contributed by atoms with Gasteiger partial charge in [-0.2, -0.15) is 0 Å². The number of hydrogen-bond donors (Lipinski definition) is 2. The molecule has 0 aromatic carbocycles. The predicted octanol–water partition coefficient (Wildman–Crippen LogP) is 7.40. The Balaban J connectivity index is 3.51. The van der Waals surface area contributed by atoms with Gasteiger partial charge in [-0.3, -0.25) is 4.79 Å². The molecule has 0 fully saturated rings. The van der Waals surface area contributed by atoms with Crippen molar-refractivity contribution in [2.75, 3.05) is 0 Å². The first kappa shape index (κ1) is 27.6. The van der Waals surface area contributed by atoms with E-state index in [0.717, 1.165) is 25.7 Å². The molecule has 0 saturated carbocycles. The average Bonchev–Trinajstić information content (AvgIpc) is 2.68. The molecular weight excluding hydrogens is 344 g/mol. The zero-order valence-electron chi connectivity index (χ0n) is 19.4. The Morgan fingerprint density at radius 1 is 0.536 bits per heavy atom. The van der Waals surface area contributed by atoms with Gasteiger partial charge >= 0.3 is 0 Å². The summed E-state index contributed by atoms with van der Waals surface area (Å²) in [6, 6.07) is 0. The maximum atomic E-state index is 12.3. The van der Waals surface area contributed by atoms with Gasteiger partial charge in [-0.1, -0.05) is 123 Å². The highest BCUT2D eigenvalue weighted by Crippen LogP contribution is 2.16. The van der Waals surface area contributed by atoms with Crippen LogP contribution in [0.3, 0.4) is 0 Å². The molecule has 0 aliphatic carbocycles. The molecule has 28 heavy (non-hydrogen) atoms. The fourth-order valence-corrected chi connectivity index (χ4v) is 3.87. The smallest absolute Gasteiger partial charge is 0.166 e. The van der Waals surface area contributed by atoms with Crippen LogP contribution in [0.5, 0.6) is 0 Å². The quantitative estimate of drug-likeness (QED) is 0.148. The summed E-state index contributed by atoms with van der Waals surface area (Å²) >= 11 is 0. The third kappa shape index (κ3) is 17.7. The summed E-state index contributed by atoms with van der Waals surface area (Å²) in [5, 5.41) is 0. The first-order valence-electron chi connectivity index (χ1n) is 12.7. The second-order valence-corrected chi connectivity index (χ2v) is 8.97. The number of Topliss-reactive ketones (excluding diaryl/α,β-unsaturated/α-hetero) is 1. The Morgan fingerprint density at radius 2 is 0.857 bits per heavy atom. The van der Waals surface area contributed by atoms with Crippen LogP contribution in [-0.2, 0) is 4.79 Å². The Bertz CT molecular complexity index is 341. The van der Waals surface area contributed by atoms with E-state index in [2.05, 4.69) is 13.8 Å². The van der Waals surface area contributed by atoms with E-state index < -0.39 is 5.66 Å². The molecule has 0 aliphatic heterocycles. The van der Waals surface area contributed by atoms with Crippen LogP contribution in [0, 0.1) is 0 Å². The van der Waals surface area contributed by atoms with Crippen LogP contribution in [-0.4, -0.2) is 11.4 Å². The van der Waals surface area contributed by atoms with Crippen molar-refractivity contribution in [3.05, 3.63) is 0 Å². The summed E-state index contributed by atoms with van der Waals surface area (Å²) in [5.74, 6) is 0.0617. The maximum Gasteiger partial charge on any atom is 0.166 e. The lowest BCUT2D eigenvalue weighted by atomic mass is 9.94. The van der Waals surface area contributed by atoms with Crippen LogP contribution in [0.15, 0.2) is 0 Å². The molecule has 0 spiro atoms. The van der Waals surface area contributed by atoms with Gasteiger partial charge in [-0.25, -0.2) is 0 Å². The molecule has 0 bridgehead atoms. The van der Waals surface area contributed by atoms with Gasteiger partial charge < -0.3 is 11.5 Å². The molecule has 4 N–H and O–H groups in total. The number of rotatable bonds is 22. The molecule has 0 amide bonds. The molecule has 0 heterocycles. The fraction of sp³-hybridized carbons (Fsp3) is 0.960. The Hall–Kier alpha value is -0.410. The molecule has 0 radical (unpaired) electrons.